The first-order valence-corrected chi connectivity index (χ1v) is 6.39. The summed E-state index contributed by atoms with van der Waals surface area (Å²) in [4.78, 5) is 21.6. The minimum absolute atomic E-state index is 1.15. The van der Waals surface area contributed by atoms with Gasteiger partial charge in [-0.2, -0.15) is 0 Å². The van der Waals surface area contributed by atoms with Gasteiger partial charge in [-0.05, 0) is 12.8 Å². The van der Waals surface area contributed by atoms with Gasteiger partial charge in [0.05, 0.1) is 0 Å². The fourth-order valence-electron chi connectivity index (χ4n) is 0.408. The molecule has 0 heterocycles. The lowest BCUT2D eigenvalue weighted by atomic mass is 10.3. The second-order valence-corrected chi connectivity index (χ2v) is 3.69. The van der Waals surface area contributed by atoms with Gasteiger partial charge < -0.3 is 14.7 Å². The maximum absolute atomic E-state index is 8.88. The topological polar surface area (TPSA) is 77.8 Å². The highest BCUT2D eigenvalue weighted by atomic mass is 31.2. The van der Waals surface area contributed by atoms with Crippen molar-refractivity contribution >= 4 is 7.82 Å². The van der Waals surface area contributed by atoms with E-state index in [2.05, 4.69) is 27.0 Å². The quantitative estimate of drug-likeness (QED) is 0.519. The molecule has 0 aromatic rings. The predicted molar refractivity (Wildman–Crippen MR) is 64.5 cm³/mol. The summed E-state index contributed by atoms with van der Waals surface area (Å²) in [5, 5.41) is 0. The fraction of sp³-hybridized carbons (Fsp3) is 0.600. The summed E-state index contributed by atoms with van der Waals surface area (Å²) in [6, 6.07) is 0. The van der Waals surface area contributed by atoms with Gasteiger partial charge >= 0.3 is 7.82 Å². The normalized spacial score (nSPS) is 8.87. The largest absolute Gasteiger partial charge is 0.466 e. The van der Waals surface area contributed by atoms with E-state index in [9.17, 15) is 0 Å². The Balaban J connectivity index is -0.000000144. The Morgan fingerprint density at radius 2 is 1.20 bits per heavy atom. The second-order valence-electron chi connectivity index (χ2n) is 2.67. The number of allylic oxidation sites excluding steroid dienone is 2. The van der Waals surface area contributed by atoms with E-state index < -0.39 is 7.82 Å². The van der Waals surface area contributed by atoms with Crippen molar-refractivity contribution in [2.75, 3.05) is 0 Å². The molecule has 0 aromatic carbocycles. The van der Waals surface area contributed by atoms with E-state index in [1.165, 1.54) is 12.8 Å². The molecular formula is C10H23O4P. The number of rotatable bonds is 4. The lowest BCUT2D eigenvalue weighted by Gasteiger charge is -1.82. The van der Waals surface area contributed by atoms with Gasteiger partial charge in [0.15, 0.2) is 0 Å². The van der Waals surface area contributed by atoms with Crippen LogP contribution in [-0.4, -0.2) is 14.7 Å². The highest BCUT2D eigenvalue weighted by Gasteiger charge is 2.00. The average Bonchev–Trinajstić information content (AvgIpc) is 2.05. The zero-order valence-electron chi connectivity index (χ0n) is 9.59. The van der Waals surface area contributed by atoms with E-state index in [-0.39, 0.29) is 0 Å². The molecule has 0 aliphatic carbocycles. The summed E-state index contributed by atoms with van der Waals surface area (Å²) in [5.74, 6) is 0. The van der Waals surface area contributed by atoms with E-state index in [0.717, 1.165) is 12.8 Å². The van der Waals surface area contributed by atoms with Crippen molar-refractivity contribution in [3.63, 3.8) is 0 Å². The number of hydrogen-bond donors (Lipinski definition) is 3. The van der Waals surface area contributed by atoms with Crippen LogP contribution >= 0.6 is 7.82 Å². The first-order valence-electron chi connectivity index (χ1n) is 4.83. The summed E-state index contributed by atoms with van der Waals surface area (Å²) >= 11 is 0. The van der Waals surface area contributed by atoms with Gasteiger partial charge in [-0.3, -0.25) is 0 Å². The summed E-state index contributed by atoms with van der Waals surface area (Å²) in [7, 11) is -4.64. The zero-order valence-corrected chi connectivity index (χ0v) is 10.5. The highest BCUT2D eigenvalue weighted by Crippen LogP contribution is 2.25. The van der Waals surface area contributed by atoms with E-state index >= 15 is 0 Å². The molecule has 0 atom stereocenters. The summed E-state index contributed by atoms with van der Waals surface area (Å²) < 4.78 is 8.88. The van der Waals surface area contributed by atoms with Crippen LogP contribution < -0.4 is 0 Å². The molecule has 0 saturated heterocycles. The summed E-state index contributed by atoms with van der Waals surface area (Å²) in [6.07, 6.45) is 8.62. The lowest BCUT2D eigenvalue weighted by Crippen LogP contribution is -1.66. The maximum Gasteiger partial charge on any atom is 0.466 e. The molecule has 0 aromatic heterocycles. The molecule has 0 unspecified atom stereocenters. The summed E-state index contributed by atoms with van der Waals surface area (Å²) in [5.41, 5.74) is 0. The van der Waals surface area contributed by atoms with Crippen LogP contribution in [0, 0.1) is 0 Å². The molecule has 0 radical (unpaired) electrons. The second kappa shape index (κ2) is 16.0. The predicted octanol–water partition coefficient (Wildman–Crippen LogP) is 3.02. The number of unbranched alkanes of at least 4 members (excludes halogenated alkanes) is 2. The first kappa shape index (κ1) is 20.1. The third-order valence-electron chi connectivity index (χ3n) is 0.986. The first-order chi connectivity index (χ1) is 6.83. The van der Waals surface area contributed by atoms with Gasteiger partial charge in [0, 0.05) is 0 Å². The molecule has 0 spiro atoms. The Morgan fingerprint density at radius 1 is 1.00 bits per heavy atom. The average molecular weight is 238 g/mol. The highest BCUT2D eigenvalue weighted by molar-refractivity contribution is 7.45. The molecule has 0 aliphatic rings. The Morgan fingerprint density at radius 3 is 1.20 bits per heavy atom. The van der Waals surface area contributed by atoms with Gasteiger partial charge in [-0.25, -0.2) is 4.57 Å². The molecule has 0 saturated carbocycles. The van der Waals surface area contributed by atoms with Crippen molar-refractivity contribution in [2.45, 2.75) is 39.5 Å². The van der Waals surface area contributed by atoms with Gasteiger partial charge in [-0.1, -0.05) is 38.8 Å². The maximum atomic E-state index is 8.88. The van der Waals surface area contributed by atoms with E-state index in [1.807, 2.05) is 12.2 Å². The Hall–Kier alpha value is -0.410. The fourth-order valence-corrected chi connectivity index (χ4v) is 0.408. The van der Waals surface area contributed by atoms with Gasteiger partial charge in [-0.15, -0.1) is 13.2 Å². The van der Waals surface area contributed by atoms with Crippen LogP contribution in [0.25, 0.3) is 0 Å². The Kier molecular flexibility index (Phi) is 21.4. The molecule has 15 heavy (non-hydrogen) atoms. The molecule has 3 N–H and O–H groups in total. The van der Waals surface area contributed by atoms with Crippen LogP contribution in [0.5, 0.6) is 0 Å². The molecule has 0 bridgehead atoms. The van der Waals surface area contributed by atoms with Crippen LogP contribution in [0.3, 0.4) is 0 Å². The van der Waals surface area contributed by atoms with Crippen LogP contribution in [0.4, 0.5) is 0 Å². The molecule has 0 amide bonds. The Bertz CT molecular complexity index is 156. The van der Waals surface area contributed by atoms with Crippen LogP contribution in [0.15, 0.2) is 25.3 Å². The smallest absolute Gasteiger partial charge is 0.303 e. The van der Waals surface area contributed by atoms with Gasteiger partial charge in [0.1, 0.15) is 0 Å². The third kappa shape index (κ3) is 142. The minimum Gasteiger partial charge on any atom is -0.303 e. The van der Waals surface area contributed by atoms with E-state index in [1.54, 1.807) is 0 Å². The summed E-state index contributed by atoms with van der Waals surface area (Å²) in [6.45, 7) is 11.4. The van der Waals surface area contributed by atoms with E-state index in [4.69, 9.17) is 19.2 Å². The van der Waals surface area contributed by atoms with Crippen molar-refractivity contribution in [3.05, 3.63) is 25.3 Å². The third-order valence-corrected chi connectivity index (χ3v) is 0.986. The minimum atomic E-state index is -4.64. The van der Waals surface area contributed by atoms with Crippen LogP contribution in [-0.2, 0) is 4.57 Å². The number of hydrogen-bond acceptors (Lipinski definition) is 1. The standard InChI is InChI=1S/2C5H10.H3O4P/c2*1-3-5-4-2;1-5(2,3)4/h2*3H,1,4-5H2,2H3;(H3,1,2,3,4). The van der Waals surface area contributed by atoms with E-state index in [0.29, 0.717) is 0 Å². The zero-order chi connectivity index (χ0) is 12.7. The van der Waals surface area contributed by atoms with Crippen LogP contribution in [0.2, 0.25) is 0 Å². The lowest BCUT2D eigenvalue weighted by molar-refractivity contribution is 0.275. The van der Waals surface area contributed by atoms with Crippen molar-refractivity contribution in [2.24, 2.45) is 0 Å². The van der Waals surface area contributed by atoms with Crippen molar-refractivity contribution in [1.82, 2.24) is 0 Å². The molecule has 0 rings (SSSR count). The molecular weight excluding hydrogens is 215 g/mol. The van der Waals surface area contributed by atoms with Crippen molar-refractivity contribution in [1.29, 1.82) is 0 Å². The van der Waals surface area contributed by atoms with Gasteiger partial charge in [0.25, 0.3) is 0 Å². The molecule has 5 heteroatoms. The molecule has 92 valence electrons. The van der Waals surface area contributed by atoms with Crippen LogP contribution in [0.1, 0.15) is 39.5 Å². The monoisotopic (exact) mass is 238 g/mol. The SMILES string of the molecule is C=CCCC.C=CCCC.O=P(O)(O)O. The molecule has 0 fully saturated rings. The number of phosphoric acid groups is 1. The molecule has 4 nitrogen and oxygen atoms in total. The van der Waals surface area contributed by atoms with Crippen molar-refractivity contribution in [3.8, 4) is 0 Å². The van der Waals surface area contributed by atoms with Crippen molar-refractivity contribution < 1.29 is 19.2 Å². The molecule has 0 aliphatic heterocycles. The van der Waals surface area contributed by atoms with Gasteiger partial charge in [0.2, 0.25) is 0 Å². The Labute approximate surface area is 92.6 Å².